The number of hydrogen-bond acceptors (Lipinski definition) is 2. The Hall–Kier alpha value is -3.46. The molecule has 148 valence electrons. The Kier molecular flexibility index (Phi) is 4.80. The summed E-state index contributed by atoms with van der Waals surface area (Å²) >= 11 is 0. The van der Waals surface area contributed by atoms with Crippen molar-refractivity contribution < 1.29 is 9.59 Å². The molecule has 30 heavy (non-hydrogen) atoms. The van der Waals surface area contributed by atoms with Gasteiger partial charge in [0.25, 0.3) is 0 Å². The van der Waals surface area contributed by atoms with E-state index in [1.165, 1.54) is 4.90 Å². The van der Waals surface area contributed by atoms with Gasteiger partial charge in [-0.1, -0.05) is 103 Å². The summed E-state index contributed by atoms with van der Waals surface area (Å²) in [6.45, 7) is 0.328. The Labute approximate surface area is 176 Å². The first-order valence-electron chi connectivity index (χ1n) is 10.4. The molecular formula is C27H23NO2. The van der Waals surface area contributed by atoms with Gasteiger partial charge in [0.1, 0.15) is 0 Å². The van der Waals surface area contributed by atoms with E-state index >= 15 is 0 Å². The maximum atomic E-state index is 13.6. The van der Waals surface area contributed by atoms with Crippen molar-refractivity contribution in [2.24, 2.45) is 11.8 Å². The molecule has 0 spiro atoms. The van der Waals surface area contributed by atoms with Crippen molar-refractivity contribution in [2.75, 3.05) is 0 Å². The normalized spacial score (nSPS) is 25.4. The standard InChI is InChI=1S/C27H23NO2/c29-26-24-22(20-12-6-2-7-13-20)16-17-23(21-14-8-3-9-15-21)25(24)27(30)28(26)18-19-10-4-1-5-11-19/h1-17,22-25H,18H2/t22-,23+,24+,25-. The number of rotatable bonds is 4. The first-order valence-corrected chi connectivity index (χ1v) is 10.4. The molecule has 0 radical (unpaired) electrons. The molecule has 3 aromatic rings. The number of likely N-dealkylation sites (tertiary alicyclic amines) is 1. The van der Waals surface area contributed by atoms with Gasteiger partial charge in [0.2, 0.25) is 11.8 Å². The smallest absolute Gasteiger partial charge is 0.234 e. The van der Waals surface area contributed by atoms with Crippen molar-refractivity contribution in [3.8, 4) is 0 Å². The Morgan fingerprint density at radius 3 is 1.40 bits per heavy atom. The maximum absolute atomic E-state index is 13.6. The minimum Gasteiger partial charge on any atom is -0.278 e. The van der Waals surface area contributed by atoms with Gasteiger partial charge in [-0.3, -0.25) is 14.5 Å². The minimum absolute atomic E-state index is 0.0620. The van der Waals surface area contributed by atoms with Crippen molar-refractivity contribution in [1.29, 1.82) is 0 Å². The lowest BCUT2D eigenvalue weighted by molar-refractivity contribution is -0.140. The van der Waals surface area contributed by atoms with Crippen LogP contribution in [0.15, 0.2) is 103 Å². The zero-order chi connectivity index (χ0) is 20.5. The Morgan fingerprint density at radius 2 is 0.967 bits per heavy atom. The van der Waals surface area contributed by atoms with E-state index in [0.717, 1.165) is 16.7 Å². The van der Waals surface area contributed by atoms with Crippen LogP contribution in [0.5, 0.6) is 0 Å². The van der Waals surface area contributed by atoms with Crippen molar-refractivity contribution in [1.82, 2.24) is 4.90 Å². The fourth-order valence-corrected chi connectivity index (χ4v) is 4.92. The molecular weight excluding hydrogens is 370 g/mol. The quantitative estimate of drug-likeness (QED) is 0.466. The molecule has 1 saturated heterocycles. The summed E-state index contributed by atoms with van der Waals surface area (Å²) in [7, 11) is 0. The van der Waals surface area contributed by atoms with Crippen LogP contribution in [0, 0.1) is 11.8 Å². The number of fused-ring (bicyclic) bond motifs is 1. The summed E-state index contributed by atoms with van der Waals surface area (Å²) in [6.07, 6.45) is 4.26. The van der Waals surface area contributed by atoms with Crippen molar-refractivity contribution in [2.45, 2.75) is 18.4 Å². The largest absolute Gasteiger partial charge is 0.278 e. The molecule has 4 atom stereocenters. The Morgan fingerprint density at radius 1 is 0.567 bits per heavy atom. The van der Waals surface area contributed by atoms with E-state index in [9.17, 15) is 9.59 Å². The topological polar surface area (TPSA) is 37.4 Å². The summed E-state index contributed by atoms with van der Waals surface area (Å²) in [4.78, 5) is 28.6. The van der Waals surface area contributed by atoms with E-state index in [1.807, 2.05) is 91.0 Å². The average Bonchev–Trinajstić information content (AvgIpc) is 3.06. The summed E-state index contributed by atoms with van der Waals surface area (Å²) < 4.78 is 0. The van der Waals surface area contributed by atoms with E-state index < -0.39 is 0 Å². The number of imide groups is 1. The van der Waals surface area contributed by atoms with Gasteiger partial charge in [-0.05, 0) is 16.7 Å². The highest BCUT2D eigenvalue weighted by atomic mass is 16.2. The second kappa shape index (κ2) is 7.75. The third-order valence-corrected chi connectivity index (χ3v) is 6.34. The summed E-state index contributed by atoms with van der Waals surface area (Å²) in [6, 6.07) is 29.9. The lowest BCUT2D eigenvalue weighted by atomic mass is 9.68. The molecule has 5 rings (SSSR count). The molecule has 0 bridgehead atoms. The fourth-order valence-electron chi connectivity index (χ4n) is 4.92. The second-order valence-corrected chi connectivity index (χ2v) is 8.06. The predicted octanol–water partition coefficient (Wildman–Crippen LogP) is 4.93. The molecule has 0 N–H and O–H groups in total. The minimum atomic E-state index is -0.376. The third-order valence-electron chi connectivity index (χ3n) is 6.34. The zero-order valence-electron chi connectivity index (χ0n) is 16.6. The third kappa shape index (κ3) is 3.17. The molecule has 1 aliphatic heterocycles. The molecule has 3 aromatic carbocycles. The molecule has 2 aliphatic rings. The van der Waals surface area contributed by atoms with Crippen molar-refractivity contribution >= 4 is 11.8 Å². The molecule has 3 nitrogen and oxygen atoms in total. The second-order valence-electron chi connectivity index (χ2n) is 8.06. The predicted molar refractivity (Wildman–Crippen MR) is 116 cm³/mol. The summed E-state index contributed by atoms with van der Waals surface area (Å²) in [5, 5.41) is 0. The molecule has 0 aromatic heterocycles. The van der Waals surface area contributed by atoms with Crippen LogP contribution in [-0.2, 0) is 16.1 Å². The van der Waals surface area contributed by atoms with E-state index in [4.69, 9.17) is 0 Å². The summed E-state index contributed by atoms with van der Waals surface area (Å²) in [5.41, 5.74) is 3.13. The number of carbonyl (C=O) groups excluding carboxylic acids is 2. The van der Waals surface area contributed by atoms with Gasteiger partial charge in [0.15, 0.2) is 0 Å². The van der Waals surface area contributed by atoms with Crippen LogP contribution in [0.25, 0.3) is 0 Å². The van der Waals surface area contributed by atoms with Crippen LogP contribution >= 0.6 is 0 Å². The Balaban J connectivity index is 1.57. The molecule has 2 amide bonds. The molecule has 0 unspecified atom stereocenters. The lowest BCUT2D eigenvalue weighted by Crippen LogP contribution is -2.31. The first-order chi connectivity index (χ1) is 14.7. The Bertz CT molecular complexity index is 1010. The van der Waals surface area contributed by atoms with Crippen molar-refractivity contribution in [3.05, 3.63) is 120 Å². The van der Waals surface area contributed by atoms with Crippen LogP contribution in [-0.4, -0.2) is 16.7 Å². The number of hydrogen-bond donors (Lipinski definition) is 0. The van der Waals surface area contributed by atoms with Gasteiger partial charge >= 0.3 is 0 Å². The highest BCUT2D eigenvalue weighted by Crippen LogP contribution is 2.49. The van der Waals surface area contributed by atoms with Gasteiger partial charge < -0.3 is 0 Å². The van der Waals surface area contributed by atoms with Crippen LogP contribution in [0.3, 0.4) is 0 Å². The van der Waals surface area contributed by atoms with Gasteiger partial charge in [0.05, 0.1) is 18.4 Å². The van der Waals surface area contributed by atoms with Crippen molar-refractivity contribution in [3.63, 3.8) is 0 Å². The van der Waals surface area contributed by atoms with Crippen LogP contribution < -0.4 is 0 Å². The van der Waals surface area contributed by atoms with E-state index in [-0.39, 0.29) is 35.5 Å². The molecule has 1 heterocycles. The highest BCUT2D eigenvalue weighted by molar-refractivity contribution is 6.06. The van der Waals surface area contributed by atoms with E-state index in [1.54, 1.807) is 0 Å². The summed E-state index contributed by atoms with van der Waals surface area (Å²) in [5.74, 6) is -1.06. The van der Waals surface area contributed by atoms with Crippen LogP contribution in [0.2, 0.25) is 0 Å². The number of allylic oxidation sites excluding steroid dienone is 2. The SMILES string of the molecule is O=C1[C@@H]2[C@H](C(=O)N1Cc1ccccc1)[C@H](c1ccccc1)C=C[C@@H]2c1ccccc1. The number of benzene rings is 3. The van der Waals surface area contributed by atoms with E-state index in [2.05, 4.69) is 12.2 Å². The number of carbonyl (C=O) groups is 2. The number of nitrogens with zero attached hydrogens (tertiary/aromatic N) is 1. The monoisotopic (exact) mass is 393 g/mol. The molecule has 0 saturated carbocycles. The molecule has 1 fully saturated rings. The number of amides is 2. The van der Waals surface area contributed by atoms with Gasteiger partial charge in [-0.15, -0.1) is 0 Å². The molecule has 3 heteroatoms. The van der Waals surface area contributed by atoms with Gasteiger partial charge in [0, 0.05) is 11.8 Å². The van der Waals surface area contributed by atoms with Gasteiger partial charge in [-0.2, -0.15) is 0 Å². The molecule has 1 aliphatic carbocycles. The highest BCUT2D eigenvalue weighted by Gasteiger charge is 2.54. The zero-order valence-corrected chi connectivity index (χ0v) is 16.6. The first kappa shape index (κ1) is 18.6. The van der Waals surface area contributed by atoms with Crippen LogP contribution in [0.4, 0.5) is 0 Å². The fraction of sp³-hybridized carbons (Fsp3) is 0.185. The maximum Gasteiger partial charge on any atom is 0.234 e. The van der Waals surface area contributed by atoms with Crippen LogP contribution in [0.1, 0.15) is 28.5 Å². The van der Waals surface area contributed by atoms with Gasteiger partial charge in [-0.25, -0.2) is 0 Å². The van der Waals surface area contributed by atoms with E-state index in [0.29, 0.717) is 6.54 Å². The lowest BCUT2D eigenvalue weighted by Gasteiger charge is -2.32. The average molecular weight is 393 g/mol.